The van der Waals surface area contributed by atoms with Gasteiger partial charge in [-0.15, -0.1) is 0 Å². The van der Waals surface area contributed by atoms with Crippen molar-refractivity contribution in [2.24, 2.45) is 5.73 Å². The van der Waals surface area contributed by atoms with Gasteiger partial charge in [0.2, 0.25) is 0 Å². The van der Waals surface area contributed by atoms with Crippen molar-refractivity contribution in [3.63, 3.8) is 0 Å². The second-order valence-corrected chi connectivity index (χ2v) is 7.19. The molecular weight excluding hydrogens is 246 g/mol. The summed E-state index contributed by atoms with van der Waals surface area (Å²) in [5.41, 5.74) is 9.00. The van der Waals surface area contributed by atoms with E-state index in [9.17, 15) is 0 Å². The van der Waals surface area contributed by atoms with Crippen molar-refractivity contribution in [3.8, 4) is 5.75 Å². The summed E-state index contributed by atoms with van der Waals surface area (Å²) < 4.78 is 6.22. The van der Waals surface area contributed by atoms with Crippen LogP contribution in [0.25, 0.3) is 0 Å². The molecule has 112 valence electrons. The molecule has 0 spiro atoms. The van der Waals surface area contributed by atoms with Crippen LogP contribution in [0.2, 0.25) is 0 Å². The van der Waals surface area contributed by atoms with E-state index in [0.29, 0.717) is 0 Å². The fourth-order valence-corrected chi connectivity index (χ4v) is 2.86. The fraction of sp³-hybridized carbons (Fsp3) is 0.667. The molecule has 1 aromatic rings. The van der Waals surface area contributed by atoms with Crippen molar-refractivity contribution in [1.82, 2.24) is 0 Å². The third kappa shape index (κ3) is 3.76. The van der Waals surface area contributed by atoms with Crippen molar-refractivity contribution in [2.75, 3.05) is 0 Å². The first-order valence-electron chi connectivity index (χ1n) is 7.91. The van der Waals surface area contributed by atoms with Crippen LogP contribution in [0.3, 0.4) is 0 Å². The molecule has 2 unspecified atom stereocenters. The van der Waals surface area contributed by atoms with Crippen molar-refractivity contribution in [1.29, 1.82) is 0 Å². The van der Waals surface area contributed by atoms with Crippen LogP contribution >= 0.6 is 0 Å². The molecule has 0 amide bonds. The number of nitrogens with two attached hydrogens (primary N) is 1. The molecule has 2 atom stereocenters. The summed E-state index contributed by atoms with van der Waals surface area (Å²) >= 11 is 0. The molecular formula is C18H29NO. The summed E-state index contributed by atoms with van der Waals surface area (Å²) in [6.07, 6.45) is 6.11. The van der Waals surface area contributed by atoms with Crippen LogP contribution in [0, 0.1) is 6.92 Å². The Morgan fingerprint density at radius 2 is 1.80 bits per heavy atom. The number of ether oxygens (including phenoxy) is 1. The molecule has 1 saturated carbocycles. The van der Waals surface area contributed by atoms with Gasteiger partial charge >= 0.3 is 0 Å². The van der Waals surface area contributed by atoms with Gasteiger partial charge in [-0.2, -0.15) is 0 Å². The SMILES string of the molecule is Cc1cc(C(C)(C)C)ccc1OC1CCCCCC1N. The fourth-order valence-electron chi connectivity index (χ4n) is 2.86. The third-order valence-electron chi connectivity index (χ3n) is 4.32. The lowest BCUT2D eigenvalue weighted by molar-refractivity contribution is 0.161. The van der Waals surface area contributed by atoms with Gasteiger partial charge < -0.3 is 10.5 Å². The van der Waals surface area contributed by atoms with E-state index in [1.165, 1.54) is 30.4 Å². The molecule has 2 rings (SSSR count). The van der Waals surface area contributed by atoms with Gasteiger partial charge in [-0.3, -0.25) is 0 Å². The monoisotopic (exact) mass is 275 g/mol. The van der Waals surface area contributed by atoms with Crippen LogP contribution in [-0.2, 0) is 5.41 Å². The summed E-state index contributed by atoms with van der Waals surface area (Å²) in [4.78, 5) is 0. The largest absolute Gasteiger partial charge is 0.489 e. The molecule has 20 heavy (non-hydrogen) atoms. The highest BCUT2D eigenvalue weighted by Gasteiger charge is 2.23. The molecule has 1 aromatic carbocycles. The van der Waals surface area contributed by atoms with Crippen LogP contribution in [0.15, 0.2) is 18.2 Å². The van der Waals surface area contributed by atoms with Gasteiger partial charge in [0.1, 0.15) is 11.9 Å². The summed E-state index contributed by atoms with van der Waals surface area (Å²) in [5.74, 6) is 1.00. The summed E-state index contributed by atoms with van der Waals surface area (Å²) in [6.45, 7) is 8.85. The Labute approximate surface area is 123 Å². The second-order valence-electron chi connectivity index (χ2n) is 7.19. The lowest BCUT2D eigenvalue weighted by Crippen LogP contribution is -2.38. The van der Waals surface area contributed by atoms with E-state index < -0.39 is 0 Å². The summed E-state index contributed by atoms with van der Waals surface area (Å²) in [5, 5.41) is 0. The first-order chi connectivity index (χ1) is 9.38. The van der Waals surface area contributed by atoms with Gasteiger partial charge in [0, 0.05) is 6.04 Å². The first kappa shape index (κ1) is 15.4. The zero-order valence-corrected chi connectivity index (χ0v) is 13.4. The maximum Gasteiger partial charge on any atom is 0.122 e. The quantitative estimate of drug-likeness (QED) is 0.815. The van der Waals surface area contributed by atoms with Crippen LogP contribution in [-0.4, -0.2) is 12.1 Å². The zero-order valence-electron chi connectivity index (χ0n) is 13.4. The maximum absolute atomic E-state index is 6.25. The predicted octanol–water partition coefficient (Wildman–Crippen LogP) is 4.33. The average molecular weight is 275 g/mol. The molecule has 0 aromatic heterocycles. The summed E-state index contributed by atoms with van der Waals surface area (Å²) in [7, 11) is 0. The van der Waals surface area contributed by atoms with Gasteiger partial charge in [0.05, 0.1) is 0 Å². The van der Waals surface area contributed by atoms with E-state index in [4.69, 9.17) is 10.5 Å². The Bertz CT molecular complexity index is 447. The van der Waals surface area contributed by atoms with Crippen LogP contribution in [0.1, 0.15) is 64.0 Å². The number of benzene rings is 1. The van der Waals surface area contributed by atoms with Gasteiger partial charge in [-0.1, -0.05) is 45.7 Å². The molecule has 0 bridgehead atoms. The minimum Gasteiger partial charge on any atom is -0.489 e. The highest BCUT2D eigenvalue weighted by molar-refractivity contribution is 5.39. The minimum absolute atomic E-state index is 0.177. The Morgan fingerprint density at radius 1 is 1.10 bits per heavy atom. The normalized spacial score (nSPS) is 24.2. The second kappa shape index (κ2) is 6.17. The minimum atomic E-state index is 0.177. The Kier molecular flexibility index (Phi) is 4.74. The molecule has 2 nitrogen and oxygen atoms in total. The maximum atomic E-state index is 6.25. The molecule has 0 heterocycles. The van der Waals surface area contributed by atoms with Crippen LogP contribution in [0.4, 0.5) is 0 Å². The topological polar surface area (TPSA) is 35.2 Å². The Hall–Kier alpha value is -1.02. The lowest BCUT2D eigenvalue weighted by atomic mass is 9.86. The molecule has 0 saturated heterocycles. The van der Waals surface area contributed by atoms with E-state index in [-0.39, 0.29) is 17.6 Å². The van der Waals surface area contributed by atoms with Crippen molar-refractivity contribution in [3.05, 3.63) is 29.3 Å². The Morgan fingerprint density at radius 3 is 2.45 bits per heavy atom. The predicted molar refractivity (Wildman–Crippen MR) is 85.4 cm³/mol. The molecule has 1 aliphatic carbocycles. The molecule has 2 heteroatoms. The van der Waals surface area contributed by atoms with Gasteiger partial charge in [0.25, 0.3) is 0 Å². The smallest absolute Gasteiger partial charge is 0.122 e. The van der Waals surface area contributed by atoms with Crippen molar-refractivity contribution < 1.29 is 4.74 Å². The third-order valence-corrected chi connectivity index (χ3v) is 4.32. The van der Waals surface area contributed by atoms with E-state index in [1.807, 2.05) is 0 Å². The first-order valence-corrected chi connectivity index (χ1v) is 7.91. The lowest BCUT2D eigenvalue weighted by Gasteiger charge is -2.25. The van der Waals surface area contributed by atoms with Gasteiger partial charge in [-0.25, -0.2) is 0 Å². The van der Waals surface area contributed by atoms with Crippen LogP contribution < -0.4 is 10.5 Å². The molecule has 1 aliphatic rings. The molecule has 0 aliphatic heterocycles. The van der Waals surface area contributed by atoms with Crippen LogP contribution in [0.5, 0.6) is 5.75 Å². The number of rotatable bonds is 2. The van der Waals surface area contributed by atoms with E-state index in [1.54, 1.807) is 0 Å². The molecule has 0 radical (unpaired) electrons. The number of hydrogen-bond acceptors (Lipinski definition) is 2. The van der Waals surface area contributed by atoms with Gasteiger partial charge in [-0.05, 0) is 48.8 Å². The van der Waals surface area contributed by atoms with Crippen molar-refractivity contribution >= 4 is 0 Å². The molecule has 1 fully saturated rings. The van der Waals surface area contributed by atoms with Gasteiger partial charge in [0.15, 0.2) is 0 Å². The highest BCUT2D eigenvalue weighted by atomic mass is 16.5. The average Bonchev–Trinajstić information content (AvgIpc) is 2.56. The molecule has 2 N–H and O–H groups in total. The van der Waals surface area contributed by atoms with E-state index in [0.717, 1.165) is 18.6 Å². The summed E-state index contributed by atoms with van der Waals surface area (Å²) in [6, 6.07) is 6.73. The Balaban J connectivity index is 2.13. The highest BCUT2D eigenvalue weighted by Crippen LogP contribution is 2.29. The number of hydrogen-bond donors (Lipinski definition) is 1. The van der Waals surface area contributed by atoms with E-state index >= 15 is 0 Å². The standard InChI is InChI=1S/C18H29NO/c1-13-12-14(18(2,3)4)10-11-16(13)20-17-9-7-5-6-8-15(17)19/h10-12,15,17H,5-9,19H2,1-4H3. The number of aryl methyl sites for hydroxylation is 1. The zero-order chi connectivity index (χ0) is 14.8. The van der Waals surface area contributed by atoms with Crippen molar-refractivity contribution in [2.45, 2.75) is 77.4 Å². The van der Waals surface area contributed by atoms with E-state index in [2.05, 4.69) is 45.9 Å².